The number of piperidine rings is 1. The van der Waals surface area contributed by atoms with Gasteiger partial charge in [-0.1, -0.05) is 0 Å². The lowest BCUT2D eigenvalue weighted by Crippen LogP contribution is -2.52. The highest BCUT2D eigenvalue weighted by Crippen LogP contribution is 2.48. The van der Waals surface area contributed by atoms with Gasteiger partial charge in [0, 0.05) is 58.2 Å². The maximum absolute atomic E-state index is 13.7. The lowest BCUT2D eigenvalue weighted by atomic mass is 10.0. The van der Waals surface area contributed by atoms with Crippen molar-refractivity contribution >= 4 is 34.7 Å². The van der Waals surface area contributed by atoms with E-state index in [2.05, 4.69) is 26.8 Å². The van der Waals surface area contributed by atoms with Gasteiger partial charge >= 0.3 is 6.03 Å². The standard InChI is InChI=1S/C32H47N9O3/c1-38-13-8-22(18-38)19-41-27-15-25(34-16-24(27)30(37-41)39-20-23(21-39)43-2)29(33)26(17-35-28-7-3-6-14-44-28)36-31(42)40-12-5-4-9-32(40)10-11-32/h15-17,22-23,28H,3-14,18-21,33H2,1-2H3,(H,36,42)/b29-26+,35-17+. The van der Waals surface area contributed by atoms with Gasteiger partial charge < -0.3 is 35.2 Å². The van der Waals surface area contributed by atoms with Gasteiger partial charge in [0.15, 0.2) is 5.82 Å². The van der Waals surface area contributed by atoms with E-state index in [1.165, 1.54) is 6.42 Å². The van der Waals surface area contributed by atoms with Crippen LogP contribution < -0.4 is 16.0 Å². The van der Waals surface area contributed by atoms with Gasteiger partial charge in [0.2, 0.25) is 0 Å². The summed E-state index contributed by atoms with van der Waals surface area (Å²) in [6, 6.07) is 1.91. The van der Waals surface area contributed by atoms with Crippen LogP contribution in [0.3, 0.4) is 0 Å². The molecule has 0 radical (unpaired) electrons. The number of nitrogens with two attached hydrogens (primary N) is 1. The number of likely N-dealkylation sites (tertiary alicyclic amines) is 2. The van der Waals surface area contributed by atoms with Crippen LogP contribution in [-0.2, 0) is 16.0 Å². The van der Waals surface area contributed by atoms with E-state index in [0.29, 0.717) is 29.6 Å². The molecule has 2 unspecified atom stereocenters. The monoisotopic (exact) mass is 605 g/mol. The molecule has 2 aromatic heterocycles. The van der Waals surface area contributed by atoms with Crippen LogP contribution in [0.1, 0.15) is 63.5 Å². The topological polar surface area (TPSA) is 126 Å². The van der Waals surface area contributed by atoms with E-state index in [0.717, 1.165) is 107 Å². The molecule has 4 saturated heterocycles. The summed E-state index contributed by atoms with van der Waals surface area (Å²) in [6.45, 7) is 6.08. The number of urea groups is 1. The second-order valence-electron chi connectivity index (χ2n) is 13.5. The van der Waals surface area contributed by atoms with Crippen LogP contribution >= 0.6 is 0 Å². The quantitative estimate of drug-likeness (QED) is 0.440. The minimum absolute atomic E-state index is 0.0128. The Hall–Kier alpha value is -3.22. The number of carbonyl (C=O) groups is 1. The van der Waals surface area contributed by atoms with Crippen LogP contribution in [-0.4, -0.2) is 108 Å². The number of aliphatic imine (C=N–C) groups is 1. The molecule has 5 aliphatic rings. The molecule has 1 aliphatic carbocycles. The maximum Gasteiger partial charge on any atom is 0.322 e. The van der Waals surface area contributed by atoms with Crippen LogP contribution in [0.4, 0.5) is 10.6 Å². The number of aromatic nitrogens is 3. The summed E-state index contributed by atoms with van der Waals surface area (Å²) >= 11 is 0. The highest BCUT2D eigenvalue weighted by Gasteiger charge is 2.51. The van der Waals surface area contributed by atoms with E-state index in [1.54, 1.807) is 13.3 Å². The molecule has 3 N–H and O–H groups in total. The molecule has 12 nitrogen and oxygen atoms in total. The Morgan fingerprint density at radius 3 is 2.77 bits per heavy atom. The average molecular weight is 606 g/mol. The summed E-state index contributed by atoms with van der Waals surface area (Å²) in [4.78, 5) is 29.9. The molecule has 7 rings (SSSR count). The molecule has 1 spiro atoms. The molecule has 5 fully saturated rings. The molecule has 2 aromatic rings. The number of hydrogen-bond acceptors (Lipinski definition) is 9. The van der Waals surface area contributed by atoms with Gasteiger partial charge in [-0.15, -0.1) is 0 Å². The van der Waals surface area contributed by atoms with Gasteiger partial charge in [-0.05, 0) is 83.4 Å². The molecule has 4 aliphatic heterocycles. The fraction of sp³-hybridized carbons (Fsp3) is 0.688. The summed E-state index contributed by atoms with van der Waals surface area (Å²) in [7, 11) is 3.93. The number of nitrogens with zero attached hydrogens (tertiary/aromatic N) is 7. The number of ether oxygens (including phenoxy) is 2. The largest absolute Gasteiger partial charge is 0.395 e. The Bertz CT molecular complexity index is 1420. The molecule has 2 atom stereocenters. The van der Waals surface area contributed by atoms with E-state index < -0.39 is 0 Å². The first kappa shape index (κ1) is 29.5. The normalized spacial score (nSPS) is 26.4. The molecule has 1 saturated carbocycles. The van der Waals surface area contributed by atoms with E-state index in [9.17, 15) is 4.79 Å². The number of methoxy groups -OCH3 is 1. The first-order chi connectivity index (χ1) is 21.4. The molecular formula is C32H47N9O3. The zero-order valence-corrected chi connectivity index (χ0v) is 26.2. The zero-order valence-electron chi connectivity index (χ0n) is 26.2. The fourth-order valence-electron chi connectivity index (χ4n) is 7.32. The van der Waals surface area contributed by atoms with E-state index in [1.807, 2.05) is 17.2 Å². The molecule has 0 aromatic carbocycles. The molecule has 12 heteroatoms. The zero-order chi connectivity index (χ0) is 30.3. The first-order valence-electron chi connectivity index (χ1n) is 16.5. The molecule has 6 heterocycles. The maximum atomic E-state index is 13.7. The smallest absolute Gasteiger partial charge is 0.322 e. The summed E-state index contributed by atoms with van der Waals surface area (Å²) in [5.41, 5.74) is 9.32. The predicted molar refractivity (Wildman–Crippen MR) is 170 cm³/mol. The number of hydrogen-bond donors (Lipinski definition) is 2. The summed E-state index contributed by atoms with van der Waals surface area (Å²) in [5, 5.41) is 9.24. The Labute approximate surface area is 259 Å². The third-order valence-corrected chi connectivity index (χ3v) is 10.3. The van der Waals surface area contributed by atoms with Crippen molar-refractivity contribution in [3.8, 4) is 0 Å². The van der Waals surface area contributed by atoms with Crippen molar-refractivity contribution in [2.45, 2.75) is 82.2 Å². The highest BCUT2D eigenvalue weighted by molar-refractivity contribution is 5.97. The Kier molecular flexibility index (Phi) is 8.23. The Balaban J connectivity index is 1.22. The van der Waals surface area contributed by atoms with E-state index in [4.69, 9.17) is 30.3 Å². The molecular weight excluding hydrogens is 558 g/mol. The van der Waals surface area contributed by atoms with Gasteiger partial charge in [0.25, 0.3) is 0 Å². The SMILES string of the molecule is COC1CN(c2nn(CC3CCN(C)C3)c3cc(/C(N)=C(/C=N/C4CCCCO4)NC(=O)N4CCCCC45CC5)ncc23)C1. The lowest BCUT2D eigenvalue weighted by molar-refractivity contribution is 0.0227. The van der Waals surface area contributed by atoms with E-state index >= 15 is 0 Å². The number of pyridine rings is 1. The van der Waals surface area contributed by atoms with Gasteiger partial charge in [-0.3, -0.25) is 14.7 Å². The molecule has 44 heavy (non-hydrogen) atoms. The fourth-order valence-corrected chi connectivity index (χ4v) is 7.32. The van der Waals surface area contributed by atoms with Crippen LogP contribution in [0.25, 0.3) is 16.6 Å². The highest BCUT2D eigenvalue weighted by atomic mass is 16.5. The second-order valence-corrected chi connectivity index (χ2v) is 13.5. The average Bonchev–Trinajstić information content (AvgIpc) is 3.51. The Morgan fingerprint density at radius 1 is 1.18 bits per heavy atom. The second kappa shape index (κ2) is 12.3. The number of amides is 2. The first-order valence-corrected chi connectivity index (χ1v) is 16.5. The van der Waals surface area contributed by atoms with Crippen molar-refractivity contribution in [1.29, 1.82) is 0 Å². The van der Waals surface area contributed by atoms with Crippen molar-refractivity contribution in [2.75, 3.05) is 58.4 Å². The number of nitrogens with one attached hydrogen (secondary N) is 1. The minimum Gasteiger partial charge on any atom is -0.395 e. The number of rotatable bonds is 8. The van der Waals surface area contributed by atoms with Crippen LogP contribution in [0, 0.1) is 5.92 Å². The van der Waals surface area contributed by atoms with Gasteiger partial charge in [-0.25, -0.2) is 4.79 Å². The number of carbonyl (C=O) groups excluding carboxylic acids is 1. The van der Waals surface area contributed by atoms with Gasteiger partial charge in [0.1, 0.15) is 6.23 Å². The lowest BCUT2D eigenvalue weighted by Gasteiger charge is -2.38. The summed E-state index contributed by atoms with van der Waals surface area (Å²) in [5.74, 6) is 1.46. The van der Waals surface area contributed by atoms with E-state index in [-0.39, 0.29) is 23.9 Å². The third kappa shape index (κ3) is 5.91. The van der Waals surface area contributed by atoms with Gasteiger partial charge in [0.05, 0.1) is 40.3 Å². The van der Waals surface area contributed by atoms with Crippen molar-refractivity contribution in [3.05, 3.63) is 23.7 Å². The summed E-state index contributed by atoms with van der Waals surface area (Å²) in [6.07, 6.45) is 13.1. The number of fused-ring (bicyclic) bond motifs is 1. The predicted octanol–water partition coefficient (Wildman–Crippen LogP) is 3.17. The molecule has 2 amide bonds. The van der Waals surface area contributed by atoms with Crippen LogP contribution in [0.5, 0.6) is 0 Å². The molecule has 238 valence electrons. The van der Waals surface area contributed by atoms with Crippen molar-refractivity contribution in [2.24, 2.45) is 16.6 Å². The van der Waals surface area contributed by atoms with Crippen LogP contribution in [0.2, 0.25) is 0 Å². The van der Waals surface area contributed by atoms with Gasteiger partial charge in [-0.2, -0.15) is 5.10 Å². The number of allylic oxidation sites excluding steroid dienone is 1. The third-order valence-electron chi connectivity index (χ3n) is 10.3. The Morgan fingerprint density at radius 2 is 2.05 bits per heavy atom. The molecule has 0 bridgehead atoms. The van der Waals surface area contributed by atoms with Crippen molar-refractivity contribution in [3.63, 3.8) is 0 Å². The summed E-state index contributed by atoms with van der Waals surface area (Å²) < 4.78 is 13.5. The number of anilines is 1. The van der Waals surface area contributed by atoms with Crippen molar-refractivity contribution in [1.82, 2.24) is 29.9 Å². The minimum atomic E-state index is -0.232. The van der Waals surface area contributed by atoms with Crippen molar-refractivity contribution < 1.29 is 14.3 Å². The van der Waals surface area contributed by atoms with Crippen LogP contribution in [0.15, 0.2) is 23.0 Å².